The second-order valence-corrected chi connectivity index (χ2v) is 7.90. The van der Waals surface area contributed by atoms with Crippen molar-refractivity contribution in [3.05, 3.63) is 77.9 Å². The van der Waals surface area contributed by atoms with E-state index in [1.165, 1.54) is 0 Å². The van der Waals surface area contributed by atoms with E-state index in [4.69, 9.17) is 9.15 Å². The smallest absolute Gasteiger partial charge is 0.267 e. The minimum atomic E-state index is -1.04. The Bertz CT molecular complexity index is 1210. The average molecular weight is 400 g/mol. The largest absolute Gasteiger partial charge is 0.478 e. The number of carbonyl (C=O) groups is 1. The van der Waals surface area contributed by atoms with E-state index in [0.717, 1.165) is 27.8 Å². The summed E-state index contributed by atoms with van der Waals surface area (Å²) in [5.41, 5.74) is 4.06. The summed E-state index contributed by atoms with van der Waals surface area (Å²) in [7, 11) is 0. The van der Waals surface area contributed by atoms with Crippen molar-refractivity contribution in [1.29, 1.82) is 0 Å². The Morgan fingerprint density at radius 2 is 1.77 bits per heavy atom. The molecule has 0 atom stereocenters. The zero-order valence-electron chi connectivity index (χ0n) is 17.5. The number of nitrogens with one attached hydrogen (secondary N) is 1. The quantitative estimate of drug-likeness (QED) is 0.452. The van der Waals surface area contributed by atoms with Crippen LogP contribution in [0.1, 0.15) is 25.0 Å². The topological polar surface area (TPSA) is 64.4 Å². The van der Waals surface area contributed by atoms with Gasteiger partial charge in [0.05, 0.1) is 0 Å². The number of ether oxygens (including phenoxy) is 1. The van der Waals surface area contributed by atoms with Crippen LogP contribution in [0, 0.1) is 13.8 Å². The molecular formula is C25H24N2O3. The first-order chi connectivity index (χ1) is 14.3. The molecule has 0 unspecified atom stereocenters. The monoisotopic (exact) mass is 400 g/mol. The molecule has 0 aliphatic carbocycles. The summed E-state index contributed by atoms with van der Waals surface area (Å²) in [4.78, 5) is 17.5. The van der Waals surface area contributed by atoms with Gasteiger partial charge in [0.2, 0.25) is 5.89 Å². The molecule has 0 bridgehead atoms. The number of aryl methyl sites for hydroxylation is 2. The van der Waals surface area contributed by atoms with Crippen LogP contribution in [0.15, 0.2) is 71.1 Å². The number of nitrogens with zero attached hydrogens (tertiary/aromatic N) is 1. The van der Waals surface area contributed by atoms with Crippen molar-refractivity contribution in [2.45, 2.75) is 33.3 Å². The molecule has 5 heteroatoms. The molecule has 152 valence electrons. The lowest BCUT2D eigenvalue weighted by Gasteiger charge is -2.25. The zero-order chi connectivity index (χ0) is 21.3. The van der Waals surface area contributed by atoms with Crippen LogP contribution in [0.3, 0.4) is 0 Å². The molecule has 3 aromatic carbocycles. The number of oxazole rings is 1. The third kappa shape index (κ3) is 4.06. The van der Waals surface area contributed by atoms with Gasteiger partial charge in [0.15, 0.2) is 11.2 Å². The normalized spacial score (nSPS) is 11.5. The van der Waals surface area contributed by atoms with E-state index < -0.39 is 5.60 Å². The molecule has 1 aromatic heterocycles. The summed E-state index contributed by atoms with van der Waals surface area (Å²) in [5, 5.41) is 2.99. The molecule has 1 N–H and O–H groups in total. The summed E-state index contributed by atoms with van der Waals surface area (Å²) >= 11 is 0. The van der Waals surface area contributed by atoms with Crippen LogP contribution in [0.25, 0.3) is 22.6 Å². The van der Waals surface area contributed by atoms with Crippen molar-refractivity contribution < 1.29 is 13.9 Å². The SMILES string of the molecule is Cc1ccc2oc(-c3ccc(C)c(NC(=O)C(C)(C)Oc4ccccc4)c3)nc2c1. The Morgan fingerprint density at radius 1 is 1.00 bits per heavy atom. The van der Waals surface area contributed by atoms with Gasteiger partial charge >= 0.3 is 0 Å². The Labute approximate surface area is 175 Å². The number of anilines is 1. The summed E-state index contributed by atoms with van der Waals surface area (Å²) in [5.74, 6) is 0.926. The Morgan fingerprint density at radius 3 is 2.53 bits per heavy atom. The van der Waals surface area contributed by atoms with Gasteiger partial charge in [0, 0.05) is 11.3 Å². The van der Waals surface area contributed by atoms with Crippen LogP contribution in [-0.4, -0.2) is 16.5 Å². The van der Waals surface area contributed by atoms with Gasteiger partial charge in [-0.05, 0) is 75.2 Å². The van der Waals surface area contributed by atoms with Crippen molar-refractivity contribution >= 4 is 22.7 Å². The number of fused-ring (bicyclic) bond motifs is 1. The number of aromatic nitrogens is 1. The average Bonchev–Trinajstić information content (AvgIpc) is 3.13. The van der Waals surface area contributed by atoms with Gasteiger partial charge in [-0.3, -0.25) is 4.79 Å². The first-order valence-corrected chi connectivity index (χ1v) is 9.85. The van der Waals surface area contributed by atoms with Crippen molar-refractivity contribution in [1.82, 2.24) is 4.98 Å². The van der Waals surface area contributed by atoms with E-state index in [-0.39, 0.29) is 5.91 Å². The standard InChI is InChI=1S/C25H24N2O3/c1-16-10-13-22-21(14-16)26-23(29-22)18-12-11-17(2)20(15-18)27-24(28)25(3,4)30-19-8-6-5-7-9-19/h5-15H,1-4H3,(H,27,28). The Balaban J connectivity index is 1.59. The second-order valence-electron chi connectivity index (χ2n) is 7.90. The van der Waals surface area contributed by atoms with Gasteiger partial charge < -0.3 is 14.5 Å². The number of hydrogen-bond donors (Lipinski definition) is 1. The van der Waals surface area contributed by atoms with E-state index in [1.807, 2.05) is 80.6 Å². The third-order valence-electron chi connectivity index (χ3n) is 4.94. The number of benzene rings is 3. The highest BCUT2D eigenvalue weighted by Gasteiger charge is 2.30. The second kappa shape index (κ2) is 7.67. The lowest BCUT2D eigenvalue weighted by molar-refractivity contribution is -0.128. The molecular weight excluding hydrogens is 376 g/mol. The van der Waals surface area contributed by atoms with Crippen LogP contribution in [0.2, 0.25) is 0 Å². The van der Waals surface area contributed by atoms with E-state index >= 15 is 0 Å². The number of para-hydroxylation sites is 1. The molecule has 1 amide bonds. The molecule has 4 aromatic rings. The molecule has 0 fully saturated rings. The summed E-state index contributed by atoms with van der Waals surface area (Å²) in [6.45, 7) is 7.46. The fraction of sp³-hybridized carbons (Fsp3) is 0.200. The lowest BCUT2D eigenvalue weighted by atomic mass is 10.1. The molecule has 0 saturated heterocycles. The van der Waals surface area contributed by atoms with Crippen LogP contribution in [-0.2, 0) is 4.79 Å². The van der Waals surface area contributed by atoms with Gasteiger partial charge in [0.1, 0.15) is 11.3 Å². The highest BCUT2D eigenvalue weighted by molar-refractivity contribution is 5.98. The van der Waals surface area contributed by atoms with E-state index in [0.29, 0.717) is 17.3 Å². The van der Waals surface area contributed by atoms with Crippen molar-refractivity contribution in [3.8, 4) is 17.2 Å². The first kappa shape index (κ1) is 19.7. The summed E-state index contributed by atoms with van der Waals surface area (Å²) < 4.78 is 11.8. The fourth-order valence-electron chi connectivity index (χ4n) is 3.15. The maximum absolute atomic E-state index is 12.9. The number of carbonyl (C=O) groups excluding carboxylic acids is 1. The molecule has 0 aliphatic heterocycles. The first-order valence-electron chi connectivity index (χ1n) is 9.85. The van der Waals surface area contributed by atoms with Crippen LogP contribution in [0.4, 0.5) is 5.69 Å². The van der Waals surface area contributed by atoms with Crippen molar-refractivity contribution in [2.75, 3.05) is 5.32 Å². The third-order valence-corrected chi connectivity index (χ3v) is 4.94. The lowest BCUT2D eigenvalue weighted by Crippen LogP contribution is -2.42. The summed E-state index contributed by atoms with van der Waals surface area (Å²) in [6, 6.07) is 21.0. The van der Waals surface area contributed by atoms with Crippen molar-refractivity contribution in [2.24, 2.45) is 0 Å². The van der Waals surface area contributed by atoms with Crippen LogP contribution in [0.5, 0.6) is 5.75 Å². The van der Waals surface area contributed by atoms with E-state index in [1.54, 1.807) is 13.8 Å². The molecule has 4 rings (SSSR count). The summed E-state index contributed by atoms with van der Waals surface area (Å²) in [6.07, 6.45) is 0. The molecule has 5 nitrogen and oxygen atoms in total. The highest BCUT2D eigenvalue weighted by atomic mass is 16.5. The van der Waals surface area contributed by atoms with Gasteiger partial charge in [-0.25, -0.2) is 4.98 Å². The van der Waals surface area contributed by atoms with Gasteiger partial charge in [-0.1, -0.05) is 30.3 Å². The predicted octanol–water partition coefficient (Wildman–Crippen LogP) is 5.91. The maximum Gasteiger partial charge on any atom is 0.267 e. The highest BCUT2D eigenvalue weighted by Crippen LogP contribution is 2.29. The fourth-order valence-corrected chi connectivity index (χ4v) is 3.15. The van der Waals surface area contributed by atoms with Crippen molar-refractivity contribution in [3.63, 3.8) is 0 Å². The number of rotatable bonds is 5. The molecule has 0 spiro atoms. The van der Waals surface area contributed by atoms with Crippen LogP contribution >= 0.6 is 0 Å². The molecule has 1 heterocycles. The molecule has 30 heavy (non-hydrogen) atoms. The van der Waals surface area contributed by atoms with Gasteiger partial charge in [-0.15, -0.1) is 0 Å². The maximum atomic E-state index is 12.9. The molecule has 0 saturated carbocycles. The van der Waals surface area contributed by atoms with E-state index in [2.05, 4.69) is 10.3 Å². The van der Waals surface area contributed by atoms with Gasteiger partial charge in [0.25, 0.3) is 5.91 Å². The minimum Gasteiger partial charge on any atom is -0.478 e. The van der Waals surface area contributed by atoms with Gasteiger partial charge in [-0.2, -0.15) is 0 Å². The van der Waals surface area contributed by atoms with E-state index in [9.17, 15) is 4.79 Å². The number of amides is 1. The minimum absolute atomic E-state index is 0.236. The zero-order valence-corrected chi connectivity index (χ0v) is 17.5. The molecule has 0 aliphatic rings. The number of hydrogen-bond acceptors (Lipinski definition) is 4. The van der Waals surface area contributed by atoms with Crippen LogP contribution < -0.4 is 10.1 Å². The Kier molecular flexibility index (Phi) is 5.04. The predicted molar refractivity (Wildman–Crippen MR) is 119 cm³/mol. The Hall–Kier alpha value is -3.60. The molecule has 0 radical (unpaired) electrons.